The van der Waals surface area contributed by atoms with E-state index in [0.717, 1.165) is 39.8 Å². The summed E-state index contributed by atoms with van der Waals surface area (Å²) in [5.41, 5.74) is 12.5. The maximum absolute atomic E-state index is 2.43. The maximum atomic E-state index is 2.43. The minimum atomic E-state index is 1.09. The molecule has 0 fully saturated rings. The van der Waals surface area contributed by atoms with Crippen molar-refractivity contribution >= 4 is 77.5 Å². The Bertz CT molecular complexity index is 3090. The van der Waals surface area contributed by atoms with Crippen LogP contribution in [0.15, 0.2) is 237 Å². The van der Waals surface area contributed by atoms with Gasteiger partial charge in [0.05, 0.1) is 11.0 Å². The highest BCUT2D eigenvalue weighted by Crippen LogP contribution is 2.42. The number of hydrogen-bond donors (Lipinski definition) is 0. The van der Waals surface area contributed by atoms with Crippen LogP contribution in [-0.2, 0) is 0 Å². The minimum Gasteiger partial charge on any atom is -0.311 e. The Balaban J connectivity index is 0.944. The second-order valence-corrected chi connectivity index (χ2v) is 15.0. The third-order valence-electron chi connectivity index (χ3n) is 11.5. The van der Waals surface area contributed by atoms with Gasteiger partial charge in [-0.15, -0.1) is 0 Å². The number of benzene rings is 10. The van der Waals surface area contributed by atoms with Crippen molar-refractivity contribution < 1.29 is 0 Å². The van der Waals surface area contributed by atoms with Crippen molar-refractivity contribution in [1.29, 1.82) is 0 Å². The first-order chi connectivity index (χ1) is 29.3. The van der Waals surface area contributed by atoms with E-state index in [1.165, 1.54) is 54.5 Å². The van der Waals surface area contributed by atoms with Crippen LogP contribution in [0.25, 0.3) is 60.2 Å². The van der Waals surface area contributed by atoms with E-state index in [1.807, 2.05) is 0 Å². The van der Waals surface area contributed by atoms with Crippen LogP contribution < -0.4 is 9.80 Å². The largest absolute Gasteiger partial charge is 0.311 e. The Morgan fingerprint density at radius 3 is 0.983 bits per heavy atom. The zero-order chi connectivity index (χ0) is 39.1. The highest BCUT2D eigenvalue weighted by Gasteiger charge is 2.19. The Labute approximate surface area is 343 Å². The van der Waals surface area contributed by atoms with Gasteiger partial charge in [0.25, 0.3) is 0 Å². The molecule has 0 unspecified atom stereocenters. The van der Waals surface area contributed by atoms with E-state index >= 15 is 0 Å². The fraction of sp³-hybridized carbons (Fsp3) is 0. The molecule has 278 valence electrons. The van der Waals surface area contributed by atoms with Crippen molar-refractivity contribution in [3.63, 3.8) is 0 Å². The quantitative estimate of drug-likeness (QED) is 0.153. The Hall–Kier alpha value is -7.88. The molecule has 3 nitrogen and oxygen atoms in total. The molecule has 11 aromatic rings. The molecule has 0 aliphatic heterocycles. The summed E-state index contributed by atoms with van der Waals surface area (Å²) in [5.74, 6) is 0. The first kappa shape index (κ1) is 34.4. The normalized spacial score (nSPS) is 11.4. The van der Waals surface area contributed by atoms with Gasteiger partial charge in [-0.2, -0.15) is 0 Å². The smallest absolute Gasteiger partial charge is 0.0547 e. The van der Waals surface area contributed by atoms with Crippen LogP contribution in [0.2, 0.25) is 0 Å². The summed E-state index contributed by atoms with van der Waals surface area (Å²) in [6.45, 7) is 0. The zero-order valence-corrected chi connectivity index (χ0v) is 32.4. The number of hydrogen-bond acceptors (Lipinski definition) is 2. The predicted octanol–water partition coefficient (Wildman–Crippen LogP) is 15.7. The molecular weight excluding hydrogens is 715 g/mol. The van der Waals surface area contributed by atoms with E-state index in [4.69, 9.17) is 0 Å². The lowest BCUT2D eigenvalue weighted by Gasteiger charge is -2.28. The average Bonchev–Trinajstić information content (AvgIpc) is 3.67. The molecule has 0 amide bonds. The molecule has 1 heterocycles. The van der Waals surface area contributed by atoms with E-state index in [9.17, 15) is 0 Å². The summed E-state index contributed by atoms with van der Waals surface area (Å²) in [6, 6.07) is 85.1. The van der Waals surface area contributed by atoms with Crippen molar-refractivity contribution in [2.45, 2.75) is 0 Å². The van der Waals surface area contributed by atoms with Crippen molar-refractivity contribution in [1.82, 2.24) is 4.57 Å². The van der Waals surface area contributed by atoms with Gasteiger partial charge in [0.1, 0.15) is 0 Å². The van der Waals surface area contributed by atoms with Gasteiger partial charge in [-0.1, -0.05) is 140 Å². The van der Waals surface area contributed by atoms with E-state index < -0.39 is 0 Å². The number of rotatable bonds is 8. The first-order valence-corrected chi connectivity index (χ1v) is 20.2. The lowest BCUT2D eigenvalue weighted by Crippen LogP contribution is -2.12. The van der Waals surface area contributed by atoms with Crippen molar-refractivity contribution in [2.75, 3.05) is 9.80 Å². The molecule has 11 rings (SSSR count). The van der Waals surface area contributed by atoms with Crippen LogP contribution in [0, 0.1) is 0 Å². The van der Waals surface area contributed by atoms with Crippen LogP contribution >= 0.6 is 0 Å². The van der Waals surface area contributed by atoms with Gasteiger partial charge >= 0.3 is 0 Å². The topological polar surface area (TPSA) is 11.4 Å². The van der Waals surface area contributed by atoms with Crippen molar-refractivity contribution in [3.8, 4) is 16.8 Å². The summed E-state index contributed by atoms with van der Waals surface area (Å²) in [7, 11) is 0. The third-order valence-corrected chi connectivity index (χ3v) is 11.5. The third kappa shape index (κ3) is 6.08. The lowest BCUT2D eigenvalue weighted by molar-refractivity contribution is 1.18. The number of nitrogens with zero attached hydrogens (tertiary/aromatic N) is 3. The molecule has 0 aliphatic carbocycles. The highest BCUT2D eigenvalue weighted by molar-refractivity contribution is 6.28. The van der Waals surface area contributed by atoms with Crippen molar-refractivity contribution in [2.24, 2.45) is 0 Å². The SMILES string of the molecule is c1ccc(N(c2ccccc2)c2ccc(N(c3ccccc3)c3ccc(-c4ccc(-n5c6ccc7ccccc7c6c6c7ccccc7ccc65)cc4)cc3)cc2)cc1. The molecule has 0 saturated carbocycles. The van der Waals surface area contributed by atoms with Crippen LogP contribution in [0.3, 0.4) is 0 Å². The summed E-state index contributed by atoms with van der Waals surface area (Å²) < 4.78 is 2.43. The molecule has 0 spiro atoms. The van der Waals surface area contributed by atoms with E-state index in [0.29, 0.717) is 0 Å². The number of aromatic nitrogens is 1. The first-order valence-electron chi connectivity index (χ1n) is 20.2. The van der Waals surface area contributed by atoms with Gasteiger partial charge in [0.15, 0.2) is 0 Å². The Kier molecular flexibility index (Phi) is 8.49. The molecule has 0 saturated heterocycles. The fourth-order valence-electron chi connectivity index (χ4n) is 8.81. The Morgan fingerprint density at radius 2 is 0.576 bits per heavy atom. The predicted molar refractivity (Wildman–Crippen MR) is 251 cm³/mol. The standard InChI is InChI=1S/C56H39N3/c1-4-16-44(17-5-1)57(45-18-6-2-7-19-45)48-34-36-49(37-35-48)58(46-20-8-3-9-21-46)47-30-24-40(25-31-47)41-26-32-50(33-27-41)59-53-38-28-42-14-10-12-22-51(42)55(53)56-52-23-13-11-15-43(52)29-39-54(56)59/h1-39H. The van der Waals surface area contributed by atoms with Gasteiger partial charge < -0.3 is 14.4 Å². The van der Waals surface area contributed by atoms with Gasteiger partial charge in [-0.3, -0.25) is 0 Å². The molecule has 3 heteroatoms. The molecule has 1 aromatic heterocycles. The second-order valence-electron chi connectivity index (χ2n) is 15.0. The zero-order valence-electron chi connectivity index (χ0n) is 32.4. The molecular formula is C56H39N3. The Morgan fingerprint density at radius 1 is 0.254 bits per heavy atom. The molecule has 59 heavy (non-hydrogen) atoms. The average molecular weight is 754 g/mol. The van der Waals surface area contributed by atoms with Crippen LogP contribution in [-0.4, -0.2) is 4.57 Å². The van der Waals surface area contributed by atoms with E-state index in [2.05, 4.69) is 251 Å². The monoisotopic (exact) mass is 753 g/mol. The van der Waals surface area contributed by atoms with Gasteiger partial charge in [0.2, 0.25) is 0 Å². The van der Waals surface area contributed by atoms with Gasteiger partial charge in [0, 0.05) is 50.6 Å². The summed E-state index contributed by atoms with van der Waals surface area (Å²) >= 11 is 0. The van der Waals surface area contributed by atoms with Gasteiger partial charge in [-0.05, 0) is 130 Å². The van der Waals surface area contributed by atoms with Gasteiger partial charge in [-0.25, -0.2) is 0 Å². The highest BCUT2D eigenvalue weighted by atomic mass is 15.2. The fourth-order valence-corrected chi connectivity index (χ4v) is 8.81. The summed E-state index contributed by atoms with van der Waals surface area (Å²) in [6.07, 6.45) is 0. The number of para-hydroxylation sites is 3. The molecule has 0 aliphatic rings. The van der Waals surface area contributed by atoms with Crippen LogP contribution in [0.5, 0.6) is 0 Å². The number of fused-ring (bicyclic) bond motifs is 7. The minimum absolute atomic E-state index is 1.09. The van der Waals surface area contributed by atoms with Crippen molar-refractivity contribution in [3.05, 3.63) is 237 Å². The molecule has 0 atom stereocenters. The van der Waals surface area contributed by atoms with Crippen LogP contribution in [0.4, 0.5) is 34.1 Å². The second kappa shape index (κ2) is 14.6. The summed E-state index contributed by atoms with van der Waals surface area (Å²) in [5, 5.41) is 7.68. The van der Waals surface area contributed by atoms with E-state index in [-0.39, 0.29) is 0 Å². The molecule has 0 N–H and O–H groups in total. The lowest BCUT2D eigenvalue weighted by atomic mass is 10.00. The molecule has 10 aromatic carbocycles. The molecule has 0 radical (unpaired) electrons. The summed E-state index contributed by atoms with van der Waals surface area (Å²) in [4.78, 5) is 4.61. The van der Waals surface area contributed by atoms with E-state index in [1.54, 1.807) is 0 Å². The maximum Gasteiger partial charge on any atom is 0.0547 e. The van der Waals surface area contributed by atoms with Crippen LogP contribution in [0.1, 0.15) is 0 Å². The molecule has 0 bridgehead atoms. The number of anilines is 6.